The van der Waals surface area contributed by atoms with Crippen LogP contribution in [0.15, 0.2) is 18.2 Å². The molecule has 21 heavy (non-hydrogen) atoms. The van der Waals surface area contributed by atoms with Crippen LogP contribution in [-0.4, -0.2) is 39.3 Å². The quantitative estimate of drug-likeness (QED) is 0.813. The molecule has 0 aromatic heterocycles. The molecule has 1 saturated heterocycles. The molecular formula is C16H25N3O2. The van der Waals surface area contributed by atoms with Crippen molar-refractivity contribution in [2.75, 3.05) is 44.0 Å². The van der Waals surface area contributed by atoms with Gasteiger partial charge in [-0.25, -0.2) is 0 Å². The average molecular weight is 291 g/mol. The SMILES string of the molecule is CCNC(=O)c1ccc(N)cc1N(C)CC1CCCOC1. The lowest BCUT2D eigenvalue weighted by Gasteiger charge is -2.29. The fraction of sp³-hybridized carbons (Fsp3) is 0.562. The highest BCUT2D eigenvalue weighted by molar-refractivity contribution is 6.00. The Bertz CT molecular complexity index is 484. The first kappa shape index (κ1) is 15.6. The van der Waals surface area contributed by atoms with Crippen molar-refractivity contribution in [3.8, 4) is 0 Å². The summed E-state index contributed by atoms with van der Waals surface area (Å²) in [7, 11) is 2.01. The molecule has 1 heterocycles. The van der Waals surface area contributed by atoms with Gasteiger partial charge < -0.3 is 20.7 Å². The Balaban J connectivity index is 2.15. The summed E-state index contributed by atoms with van der Waals surface area (Å²) < 4.78 is 5.53. The van der Waals surface area contributed by atoms with Crippen molar-refractivity contribution in [3.63, 3.8) is 0 Å². The molecule has 1 aliphatic rings. The van der Waals surface area contributed by atoms with Crippen LogP contribution in [0.1, 0.15) is 30.1 Å². The van der Waals surface area contributed by atoms with Crippen LogP contribution in [0, 0.1) is 5.92 Å². The summed E-state index contributed by atoms with van der Waals surface area (Å²) in [6.45, 7) is 5.06. The number of rotatable bonds is 5. The van der Waals surface area contributed by atoms with E-state index >= 15 is 0 Å². The third-order valence-corrected chi connectivity index (χ3v) is 3.80. The summed E-state index contributed by atoms with van der Waals surface area (Å²) in [5.74, 6) is 0.450. The molecule has 1 atom stereocenters. The smallest absolute Gasteiger partial charge is 0.253 e. The molecule has 5 heteroatoms. The predicted octanol–water partition coefficient (Wildman–Crippen LogP) is 1.88. The van der Waals surface area contributed by atoms with Gasteiger partial charge in [0.1, 0.15) is 0 Å². The Morgan fingerprint density at radius 2 is 2.33 bits per heavy atom. The number of hydrogen-bond donors (Lipinski definition) is 2. The minimum Gasteiger partial charge on any atom is -0.399 e. The Morgan fingerprint density at radius 1 is 1.52 bits per heavy atom. The number of hydrogen-bond acceptors (Lipinski definition) is 4. The Kier molecular flexibility index (Phi) is 5.44. The second kappa shape index (κ2) is 7.31. The summed E-state index contributed by atoms with van der Waals surface area (Å²) >= 11 is 0. The Morgan fingerprint density at radius 3 is 3.00 bits per heavy atom. The third kappa shape index (κ3) is 4.11. The molecule has 5 nitrogen and oxygen atoms in total. The first-order valence-corrected chi connectivity index (χ1v) is 7.58. The van der Waals surface area contributed by atoms with Crippen LogP contribution in [-0.2, 0) is 4.74 Å². The average Bonchev–Trinajstić information content (AvgIpc) is 2.48. The molecule has 1 fully saturated rings. The van der Waals surface area contributed by atoms with Gasteiger partial charge in [0.2, 0.25) is 0 Å². The summed E-state index contributed by atoms with van der Waals surface area (Å²) in [5, 5.41) is 2.85. The van der Waals surface area contributed by atoms with Crippen LogP contribution in [0.2, 0.25) is 0 Å². The summed E-state index contributed by atoms with van der Waals surface area (Å²) in [4.78, 5) is 14.3. The van der Waals surface area contributed by atoms with Crippen LogP contribution >= 0.6 is 0 Å². The molecule has 2 rings (SSSR count). The second-order valence-electron chi connectivity index (χ2n) is 5.60. The molecule has 116 valence electrons. The number of carbonyl (C=O) groups excluding carboxylic acids is 1. The van der Waals surface area contributed by atoms with Crippen LogP contribution in [0.3, 0.4) is 0 Å². The van der Waals surface area contributed by atoms with Crippen molar-refractivity contribution in [3.05, 3.63) is 23.8 Å². The van der Waals surface area contributed by atoms with Gasteiger partial charge in [0, 0.05) is 32.4 Å². The highest BCUT2D eigenvalue weighted by atomic mass is 16.5. The van der Waals surface area contributed by atoms with Crippen molar-refractivity contribution in [2.24, 2.45) is 5.92 Å². The maximum absolute atomic E-state index is 12.2. The lowest BCUT2D eigenvalue weighted by molar-refractivity contribution is 0.0576. The molecule has 0 bridgehead atoms. The van der Waals surface area contributed by atoms with Gasteiger partial charge in [-0.05, 0) is 43.9 Å². The number of nitrogens with two attached hydrogens (primary N) is 1. The van der Waals surface area contributed by atoms with Gasteiger partial charge in [0.15, 0.2) is 0 Å². The van der Waals surface area contributed by atoms with E-state index in [1.165, 1.54) is 6.42 Å². The number of nitrogens with one attached hydrogen (secondary N) is 1. The van der Waals surface area contributed by atoms with Crippen molar-refractivity contribution >= 4 is 17.3 Å². The van der Waals surface area contributed by atoms with E-state index in [9.17, 15) is 4.79 Å². The van der Waals surface area contributed by atoms with E-state index < -0.39 is 0 Å². The fourth-order valence-electron chi connectivity index (χ4n) is 2.75. The number of anilines is 2. The van der Waals surface area contributed by atoms with E-state index in [4.69, 9.17) is 10.5 Å². The molecule has 0 spiro atoms. The molecule has 1 aromatic rings. The lowest BCUT2D eigenvalue weighted by Crippen LogP contribution is -2.33. The van der Waals surface area contributed by atoms with Crippen LogP contribution < -0.4 is 16.0 Å². The maximum Gasteiger partial charge on any atom is 0.253 e. The summed E-state index contributed by atoms with van der Waals surface area (Å²) in [6.07, 6.45) is 2.28. The van der Waals surface area contributed by atoms with Crippen molar-refractivity contribution < 1.29 is 9.53 Å². The van der Waals surface area contributed by atoms with Gasteiger partial charge in [0.05, 0.1) is 17.9 Å². The summed E-state index contributed by atoms with van der Waals surface area (Å²) in [5.41, 5.74) is 8.11. The number of ether oxygens (including phenoxy) is 1. The summed E-state index contributed by atoms with van der Waals surface area (Å²) in [6, 6.07) is 5.43. The standard InChI is InChI=1S/C16H25N3O2/c1-3-18-16(20)14-7-6-13(17)9-15(14)19(2)10-12-5-4-8-21-11-12/h6-7,9,12H,3-5,8,10-11,17H2,1-2H3,(H,18,20). The number of nitrogens with zero attached hydrogens (tertiary/aromatic N) is 1. The van der Waals surface area contributed by atoms with E-state index in [-0.39, 0.29) is 5.91 Å². The number of nitrogen functional groups attached to an aromatic ring is 1. The van der Waals surface area contributed by atoms with Crippen molar-refractivity contribution in [2.45, 2.75) is 19.8 Å². The Labute approximate surface area is 126 Å². The topological polar surface area (TPSA) is 67.6 Å². The van der Waals surface area contributed by atoms with Gasteiger partial charge >= 0.3 is 0 Å². The zero-order chi connectivity index (χ0) is 15.2. The molecule has 1 aliphatic heterocycles. The van der Waals surface area contributed by atoms with Crippen molar-refractivity contribution in [1.29, 1.82) is 0 Å². The molecule has 0 aliphatic carbocycles. The largest absolute Gasteiger partial charge is 0.399 e. The van der Waals surface area contributed by atoms with E-state index in [1.54, 1.807) is 12.1 Å². The lowest BCUT2D eigenvalue weighted by atomic mass is 10.0. The molecule has 0 saturated carbocycles. The van der Waals surface area contributed by atoms with Gasteiger partial charge in [-0.2, -0.15) is 0 Å². The second-order valence-corrected chi connectivity index (χ2v) is 5.60. The third-order valence-electron chi connectivity index (χ3n) is 3.80. The molecule has 3 N–H and O–H groups in total. The molecule has 1 unspecified atom stereocenters. The molecular weight excluding hydrogens is 266 g/mol. The van der Waals surface area contributed by atoms with Crippen molar-refractivity contribution in [1.82, 2.24) is 5.32 Å². The minimum atomic E-state index is -0.0563. The first-order chi connectivity index (χ1) is 10.1. The van der Waals surface area contributed by atoms with E-state index in [1.807, 2.05) is 20.0 Å². The first-order valence-electron chi connectivity index (χ1n) is 7.58. The monoisotopic (exact) mass is 291 g/mol. The van der Waals surface area contributed by atoms with Crippen LogP contribution in [0.25, 0.3) is 0 Å². The van der Waals surface area contributed by atoms with Gasteiger partial charge in [-0.3, -0.25) is 4.79 Å². The normalized spacial score (nSPS) is 18.3. The molecule has 1 amide bonds. The molecule has 1 aromatic carbocycles. The highest BCUT2D eigenvalue weighted by Gasteiger charge is 2.19. The zero-order valence-electron chi connectivity index (χ0n) is 12.9. The van der Waals surface area contributed by atoms with Gasteiger partial charge in [-0.15, -0.1) is 0 Å². The fourth-order valence-corrected chi connectivity index (χ4v) is 2.75. The highest BCUT2D eigenvalue weighted by Crippen LogP contribution is 2.25. The van der Waals surface area contributed by atoms with Gasteiger partial charge in [-0.1, -0.05) is 0 Å². The predicted molar refractivity (Wildman–Crippen MR) is 85.7 cm³/mol. The van der Waals surface area contributed by atoms with Gasteiger partial charge in [0.25, 0.3) is 5.91 Å². The maximum atomic E-state index is 12.2. The number of amides is 1. The minimum absolute atomic E-state index is 0.0563. The zero-order valence-corrected chi connectivity index (χ0v) is 12.9. The van der Waals surface area contributed by atoms with E-state index in [0.717, 1.165) is 31.9 Å². The van der Waals surface area contributed by atoms with Crippen LogP contribution in [0.5, 0.6) is 0 Å². The number of carbonyl (C=O) groups is 1. The van der Waals surface area contributed by atoms with E-state index in [2.05, 4.69) is 10.2 Å². The Hall–Kier alpha value is -1.75. The molecule has 0 radical (unpaired) electrons. The number of benzene rings is 1. The van der Waals surface area contributed by atoms with Crippen LogP contribution in [0.4, 0.5) is 11.4 Å². The van der Waals surface area contributed by atoms with E-state index in [0.29, 0.717) is 23.7 Å².